The summed E-state index contributed by atoms with van der Waals surface area (Å²) in [6.45, 7) is 0. The van der Waals surface area contributed by atoms with Gasteiger partial charge >= 0.3 is 0 Å². The van der Waals surface area contributed by atoms with Gasteiger partial charge < -0.3 is 14.4 Å². The van der Waals surface area contributed by atoms with Crippen LogP contribution in [-0.4, -0.2) is 14.2 Å². The monoisotopic (exact) mass is 483 g/mol. The molecule has 3 heteroatoms. The van der Waals surface area contributed by atoms with E-state index in [4.69, 9.17) is 9.47 Å². The summed E-state index contributed by atoms with van der Waals surface area (Å²) in [5.74, 6) is 1.65. The van der Waals surface area contributed by atoms with E-state index in [2.05, 4.69) is 108 Å². The summed E-state index contributed by atoms with van der Waals surface area (Å²) < 4.78 is 10.7. The van der Waals surface area contributed by atoms with E-state index in [-0.39, 0.29) is 0 Å². The quantitative estimate of drug-likeness (QED) is 0.206. The van der Waals surface area contributed by atoms with Crippen molar-refractivity contribution in [2.45, 2.75) is 0 Å². The molecule has 0 unspecified atom stereocenters. The van der Waals surface area contributed by atoms with Crippen LogP contribution in [0.1, 0.15) is 16.7 Å². The fraction of sp³-hybridized carbons (Fsp3) is 0.0588. The number of ether oxygens (including phenoxy) is 2. The zero-order chi connectivity index (χ0) is 25.5. The molecule has 0 aliphatic heterocycles. The molecule has 0 heterocycles. The van der Waals surface area contributed by atoms with E-state index in [9.17, 15) is 0 Å². The fourth-order valence-corrected chi connectivity index (χ4v) is 4.36. The Kier molecular flexibility index (Phi) is 7.33. The molecule has 3 nitrogen and oxygen atoms in total. The second kappa shape index (κ2) is 11.3. The van der Waals surface area contributed by atoms with Gasteiger partial charge in [-0.05, 0) is 89.0 Å². The zero-order valence-corrected chi connectivity index (χ0v) is 21.0. The largest absolute Gasteiger partial charge is 0.497 e. The van der Waals surface area contributed by atoms with Gasteiger partial charge in [0.1, 0.15) is 11.5 Å². The molecule has 0 saturated carbocycles. The van der Waals surface area contributed by atoms with E-state index in [0.717, 1.165) is 34.1 Å². The SMILES string of the molecule is COc1ccc(N(c2ccc(C=C(c3ccccc3)c3ccccc3)cc2)c2ccc(OC)cc2)cc1. The molecule has 0 spiro atoms. The minimum absolute atomic E-state index is 0.827. The van der Waals surface area contributed by atoms with Crippen molar-refractivity contribution in [2.75, 3.05) is 19.1 Å². The van der Waals surface area contributed by atoms with Crippen molar-refractivity contribution in [3.05, 3.63) is 150 Å². The lowest BCUT2D eigenvalue weighted by Crippen LogP contribution is -2.09. The molecule has 0 bridgehead atoms. The molecule has 0 aromatic heterocycles. The molecule has 5 aromatic rings. The van der Waals surface area contributed by atoms with Gasteiger partial charge in [-0.1, -0.05) is 72.8 Å². The van der Waals surface area contributed by atoms with Gasteiger partial charge in [0.25, 0.3) is 0 Å². The lowest BCUT2D eigenvalue weighted by molar-refractivity contribution is 0.415. The topological polar surface area (TPSA) is 21.7 Å². The Balaban J connectivity index is 1.54. The van der Waals surface area contributed by atoms with Crippen molar-refractivity contribution in [3.8, 4) is 11.5 Å². The third-order valence-electron chi connectivity index (χ3n) is 6.29. The second-order valence-corrected chi connectivity index (χ2v) is 8.61. The molecular weight excluding hydrogens is 454 g/mol. The Morgan fingerprint density at radius 1 is 0.486 bits per heavy atom. The molecule has 0 atom stereocenters. The average Bonchev–Trinajstić information content (AvgIpc) is 2.98. The van der Waals surface area contributed by atoms with Gasteiger partial charge in [-0.25, -0.2) is 0 Å². The third kappa shape index (κ3) is 5.57. The van der Waals surface area contributed by atoms with Gasteiger partial charge in [-0.2, -0.15) is 0 Å². The smallest absolute Gasteiger partial charge is 0.119 e. The number of benzene rings is 5. The predicted octanol–water partition coefficient (Wildman–Crippen LogP) is 8.76. The minimum Gasteiger partial charge on any atom is -0.497 e. The van der Waals surface area contributed by atoms with Crippen molar-refractivity contribution < 1.29 is 9.47 Å². The number of rotatable bonds is 8. The van der Waals surface area contributed by atoms with Gasteiger partial charge in [0.15, 0.2) is 0 Å². The first-order valence-corrected chi connectivity index (χ1v) is 12.3. The van der Waals surface area contributed by atoms with E-state index < -0.39 is 0 Å². The lowest BCUT2D eigenvalue weighted by Gasteiger charge is -2.26. The summed E-state index contributed by atoms with van der Waals surface area (Å²) in [6, 6.07) is 45.9. The first kappa shape index (κ1) is 24.0. The molecule has 0 radical (unpaired) electrons. The predicted molar refractivity (Wildman–Crippen MR) is 154 cm³/mol. The average molecular weight is 484 g/mol. The molecule has 0 N–H and O–H groups in total. The molecule has 0 fully saturated rings. The zero-order valence-electron chi connectivity index (χ0n) is 21.0. The lowest BCUT2D eigenvalue weighted by atomic mass is 9.95. The van der Waals surface area contributed by atoms with Crippen LogP contribution in [0.3, 0.4) is 0 Å². The first-order chi connectivity index (χ1) is 18.2. The summed E-state index contributed by atoms with van der Waals surface area (Å²) in [7, 11) is 3.36. The van der Waals surface area contributed by atoms with Gasteiger partial charge in [0.2, 0.25) is 0 Å². The summed E-state index contributed by atoms with van der Waals surface area (Å²) >= 11 is 0. The van der Waals surface area contributed by atoms with E-state index in [0.29, 0.717) is 0 Å². The number of methoxy groups -OCH3 is 2. The molecule has 182 valence electrons. The molecule has 0 aliphatic rings. The Bertz CT molecular complexity index is 1350. The summed E-state index contributed by atoms with van der Waals surface area (Å²) in [5.41, 5.74) is 7.86. The summed E-state index contributed by atoms with van der Waals surface area (Å²) in [5, 5.41) is 0. The van der Waals surface area contributed by atoms with Crippen molar-refractivity contribution in [1.29, 1.82) is 0 Å². The van der Waals surface area contributed by atoms with E-state index >= 15 is 0 Å². The highest BCUT2D eigenvalue weighted by Gasteiger charge is 2.13. The van der Waals surface area contributed by atoms with Crippen LogP contribution in [0.4, 0.5) is 17.1 Å². The Labute approximate surface area is 218 Å². The molecule has 0 aliphatic carbocycles. The Morgan fingerprint density at radius 2 is 0.865 bits per heavy atom. The second-order valence-electron chi connectivity index (χ2n) is 8.61. The Morgan fingerprint density at radius 3 is 1.24 bits per heavy atom. The van der Waals surface area contributed by atoms with Crippen LogP contribution in [0.15, 0.2) is 133 Å². The van der Waals surface area contributed by atoms with E-state index in [1.165, 1.54) is 16.7 Å². The highest BCUT2D eigenvalue weighted by Crippen LogP contribution is 2.36. The van der Waals surface area contributed by atoms with Gasteiger partial charge in [0.05, 0.1) is 14.2 Å². The molecule has 37 heavy (non-hydrogen) atoms. The Hall–Kier alpha value is -4.76. The highest BCUT2D eigenvalue weighted by atomic mass is 16.5. The maximum absolute atomic E-state index is 5.37. The van der Waals surface area contributed by atoms with Crippen LogP contribution >= 0.6 is 0 Å². The van der Waals surface area contributed by atoms with Crippen molar-refractivity contribution in [1.82, 2.24) is 0 Å². The molecule has 0 amide bonds. The summed E-state index contributed by atoms with van der Waals surface area (Å²) in [6.07, 6.45) is 2.25. The third-order valence-corrected chi connectivity index (χ3v) is 6.29. The minimum atomic E-state index is 0.827. The van der Waals surface area contributed by atoms with Crippen molar-refractivity contribution in [3.63, 3.8) is 0 Å². The van der Waals surface area contributed by atoms with E-state index in [1.54, 1.807) is 14.2 Å². The molecule has 0 saturated heterocycles. The number of nitrogens with zero attached hydrogens (tertiary/aromatic N) is 1. The van der Waals surface area contributed by atoms with E-state index in [1.807, 2.05) is 36.4 Å². The van der Waals surface area contributed by atoms with Gasteiger partial charge in [-0.3, -0.25) is 0 Å². The highest BCUT2D eigenvalue weighted by molar-refractivity contribution is 5.91. The molecular formula is C34H29NO2. The number of hydrogen-bond donors (Lipinski definition) is 0. The van der Waals surface area contributed by atoms with Crippen LogP contribution in [0.5, 0.6) is 11.5 Å². The van der Waals surface area contributed by atoms with Crippen LogP contribution < -0.4 is 14.4 Å². The van der Waals surface area contributed by atoms with Crippen LogP contribution in [-0.2, 0) is 0 Å². The van der Waals surface area contributed by atoms with Gasteiger partial charge in [0, 0.05) is 17.1 Å². The summed E-state index contributed by atoms with van der Waals surface area (Å²) in [4.78, 5) is 2.22. The van der Waals surface area contributed by atoms with Crippen molar-refractivity contribution in [2.24, 2.45) is 0 Å². The van der Waals surface area contributed by atoms with Gasteiger partial charge in [-0.15, -0.1) is 0 Å². The van der Waals surface area contributed by atoms with Crippen LogP contribution in [0, 0.1) is 0 Å². The molecule has 5 aromatic carbocycles. The maximum atomic E-state index is 5.37. The normalized spacial score (nSPS) is 10.4. The maximum Gasteiger partial charge on any atom is 0.119 e. The number of hydrogen-bond acceptors (Lipinski definition) is 3. The van der Waals surface area contributed by atoms with Crippen molar-refractivity contribution >= 4 is 28.7 Å². The van der Waals surface area contributed by atoms with Crippen LogP contribution in [0.25, 0.3) is 11.6 Å². The first-order valence-electron chi connectivity index (χ1n) is 12.3. The standard InChI is InChI=1S/C34H29NO2/c1-36-32-21-17-30(18-22-32)35(31-19-23-33(37-2)24-20-31)29-15-13-26(14-16-29)25-34(27-9-5-3-6-10-27)28-11-7-4-8-12-28/h3-25H,1-2H3. The molecule has 5 rings (SSSR count). The number of anilines is 3. The van der Waals surface area contributed by atoms with Crippen LogP contribution in [0.2, 0.25) is 0 Å². The fourth-order valence-electron chi connectivity index (χ4n) is 4.36.